The molecule has 0 atom stereocenters. The van der Waals surface area contributed by atoms with Gasteiger partial charge in [-0.3, -0.25) is 4.98 Å². The van der Waals surface area contributed by atoms with Crippen LogP contribution in [0.2, 0.25) is 0 Å². The first kappa shape index (κ1) is 11.8. The molecule has 0 radical (unpaired) electrons. The van der Waals surface area contributed by atoms with Crippen LogP contribution in [0.5, 0.6) is 0 Å². The first-order valence-corrected chi connectivity index (χ1v) is 7.16. The number of nitrogens with two attached hydrogens (primary N) is 1. The third-order valence-electron chi connectivity index (χ3n) is 2.59. The standard InChI is InChI=1S/C9H12BrN3O2S/c10-7-5-12-6-8(9(7)11)16(14,15)13-3-1-2-4-13/h5-6H,1-4H2,(H2,11,12). The van der Waals surface area contributed by atoms with Crippen molar-refractivity contribution in [3.05, 3.63) is 16.9 Å². The van der Waals surface area contributed by atoms with Gasteiger partial charge in [0.05, 0.1) is 10.2 Å². The second-order valence-corrected chi connectivity index (χ2v) is 6.41. The summed E-state index contributed by atoms with van der Waals surface area (Å²) in [4.78, 5) is 3.94. The monoisotopic (exact) mass is 305 g/mol. The van der Waals surface area contributed by atoms with Gasteiger partial charge < -0.3 is 5.73 Å². The van der Waals surface area contributed by atoms with Gasteiger partial charge in [0, 0.05) is 25.5 Å². The lowest BCUT2D eigenvalue weighted by Crippen LogP contribution is -2.28. The average Bonchev–Trinajstić information content (AvgIpc) is 2.75. The lowest BCUT2D eigenvalue weighted by Gasteiger charge is -2.16. The number of rotatable bonds is 2. The molecule has 2 rings (SSSR count). The van der Waals surface area contributed by atoms with E-state index in [1.54, 1.807) is 0 Å². The number of pyridine rings is 1. The molecule has 2 heterocycles. The van der Waals surface area contributed by atoms with Crippen molar-refractivity contribution in [2.75, 3.05) is 18.8 Å². The first-order valence-electron chi connectivity index (χ1n) is 4.92. The van der Waals surface area contributed by atoms with Gasteiger partial charge in [0.25, 0.3) is 0 Å². The zero-order valence-corrected chi connectivity index (χ0v) is 11.0. The Kier molecular flexibility index (Phi) is 3.18. The molecule has 7 heteroatoms. The molecule has 0 aromatic carbocycles. The van der Waals surface area contributed by atoms with Gasteiger partial charge in [-0.2, -0.15) is 4.31 Å². The van der Waals surface area contributed by atoms with Crippen LogP contribution in [-0.2, 0) is 10.0 Å². The Morgan fingerprint density at radius 3 is 2.56 bits per heavy atom. The van der Waals surface area contributed by atoms with Gasteiger partial charge in [0.2, 0.25) is 10.0 Å². The topological polar surface area (TPSA) is 76.3 Å². The largest absolute Gasteiger partial charge is 0.397 e. The fraction of sp³-hybridized carbons (Fsp3) is 0.444. The van der Waals surface area contributed by atoms with E-state index in [0.29, 0.717) is 17.6 Å². The maximum Gasteiger partial charge on any atom is 0.246 e. The second-order valence-electron chi connectivity index (χ2n) is 3.64. The van der Waals surface area contributed by atoms with Gasteiger partial charge in [-0.05, 0) is 28.8 Å². The SMILES string of the molecule is Nc1c(Br)cncc1S(=O)(=O)N1CCCC1. The Balaban J connectivity index is 2.47. The van der Waals surface area contributed by atoms with Crippen LogP contribution in [0.15, 0.2) is 21.8 Å². The summed E-state index contributed by atoms with van der Waals surface area (Å²) < 4.78 is 26.3. The molecular formula is C9H12BrN3O2S. The van der Waals surface area contributed by atoms with Crippen molar-refractivity contribution >= 4 is 31.6 Å². The van der Waals surface area contributed by atoms with E-state index in [9.17, 15) is 8.42 Å². The van der Waals surface area contributed by atoms with Crippen LogP contribution in [-0.4, -0.2) is 30.8 Å². The Morgan fingerprint density at radius 2 is 1.94 bits per heavy atom. The van der Waals surface area contributed by atoms with Crippen LogP contribution in [0.1, 0.15) is 12.8 Å². The fourth-order valence-corrected chi connectivity index (χ4v) is 3.76. The Bertz CT molecular complexity index is 497. The van der Waals surface area contributed by atoms with E-state index in [-0.39, 0.29) is 10.6 Å². The van der Waals surface area contributed by atoms with Crippen LogP contribution in [0.4, 0.5) is 5.69 Å². The highest BCUT2D eigenvalue weighted by atomic mass is 79.9. The lowest BCUT2D eigenvalue weighted by molar-refractivity contribution is 0.477. The lowest BCUT2D eigenvalue weighted by atomic mass is 10.4. The number of sulfonamides is 1. The second kappa shape index (κ2) is 4.31. The molecule has 0 aliphatic carbocycles. The molecule has 1 saturated heterocycles. The summed E-state index contributed by atoms with van der Waals surface area (Å²) in [7, 11) is -3.48. The molecule has 1 aliphatic rings. The number of anilines is 1. The zero-order valence-electron chi connectivity index (χ0n) is 8.56. The molecule has 1 aromatic rings. The number of nitrogen functional groups attached to an aromatic ring is 1. The van der Waals surface area contributed by atoms with E-state index in [1.165, 1.54) is 16.7 Å². The van der Waals surface area contributed by atoms with E-state index < -0.39 is 10.0 Å². The van der Waals surface area contributed by atoms with E-state index in [4.69, 9.17) is 5.73 Å². The van der Waals surface area contributed by atoms with E-state index >= 15 is 0 Å². The molecule has 1 fully saturated rings. The van der Waals surface area contributed by atoms with Crippen LogP contribution >= 0.6 is 15.9 Å². The van der Waals surface area contributed by atoms with Crippen molar-refractivity contribution < 1.29 is 8.42 Å². The minimum absolute atomic E-state index is 0.0868. The van der Waals surface area contributed by atoms with Crippen molar-refractivity contribution in [2.45, 2.75) is 17.7 Å². The van der Waals surface area contributed by atoms with Gasteiger partial charge in [-0.1, -0.05) is 0 Å². The molecule has 0 saturated carbocycles. The Morgan fingerprint density at radius 1 is 1.31 bits per heavy atom. The Labute approximate surface area is 103 Å². The normalized spacial score (nSPS) is 17.8. The maximum atomic E-state index is 12.2. The van der Waals surface area contributed by atoms with Crippen LogP contribution < -0.4 is 5.73 Å². The molecule has 2 N–H and O–H groups in total. The van der Waals surface area contributed by atoms with Crippen LogP contribution in [0.25, 0.3) is 0 Å². The van der Waals surface area contributed by atoms with Gasteiger partial charge in [0.15, 0.2) is 0 Å². The quantitative estimate of drug-likeness (QED) is 0.891. The molecule has 1 aromatic heterocycles. The average molecular weight is 306 g/mol. The summed E-state index contributed by atoms with van der Waals surface area (Å²) in [6, 6.07) is 0. The predicted molar refractivity (Wildman–Crippen MR) is 64.3 cm³/mol. The minimum Gasteiger partial charge on any atom is -0.397 e. The zero-order chi connectivity index (χ0) is 11.8. The molecule has 1 aliphatic heterocycles. The summed E-state index contributed by atoms with van der Waals surface area (Å²) in [6.45, 7) is 1.13. The van der Waals surface area contributed by atoms with E-state index in [0.717, 1.165) is 12.8 Å². The third kappa shape index (κ3) is 1.94. The molecule has 0 spiro atoms. The molecule has 0 bridgehead atoms. The number of aromatic nitrogens is 1. The Hall–Kier alpha value is -0.660. The molecular weight excluding hydrogens is 294 g/mol. The maximum absolute atomic E-state index is 12.2. The highest BCUT2D eigenvalue weighted by Crippen LogP contribution is 2.29. The van der Waals surface area contributed by atoms with Crippen molar-refractivity contribution in [3.63, 3.8) is 0 Å². The van der Waals surface area contributed by atoms with Crippen molar-refractivity contribution in [3.8, 4) is 0 Å². The molecule has 88 valence electrons. The number of hydrogen-bond donors (Lipinski definition) is 1. The molecule has 0 unspecified atom stereocenters. The number of nitrogens with zero attached hydrogens (tertiary/aromatic N) is 2. The highest BCUT2D eigenvalue weighted by molar-refractivity contribution is 9.10. The fourth-order valence-electron chi connectivity index (χ4n) is 1.70. The number of hydrogen-bond acceptors (Lipinski definition) is 4. The van der Waals surface area contributed by atoms with Gasteiger partial charge >= 0.3 is 0 Å². The first-order chi connectivity index (χ1) is 7.53. The van der Waals surface area contributed by atoms with Crippen LogP contribution in [0.3, 0.4) is 0 Å². The van der Waals surface area contributed by atoms with Crippen molar-refractivity contribution in [1.29, 1.82) is 0 Å². The predicted octanol–water partition coefficient (Wildman–Crippen LogP) is 1.21. The smallest absolute Gasteiger partial charge is 0.246 e. The van der Waals surface area contributed by atoms with Gasteiger partial charge in [-0.25, -0.2) is 8.42 Å². The van der Waals surface area contributed by atoms with E-state index in [2.05, 4.69) is 20.9 Å². The molecule has 16 heavy (non-hydrogen) atoms. The molecule has 0 amide bonds. The van der Waals surface area contributed by atoms with Crippen molar-refractivity contribution in [2.24, 2.45) is 0 Å². The molecule has 5 nitrogen and oxygen atoms in total. The van der Waals surface area contributed by atoms with Gasteiger partial charge in [-0.15, -0.1) is 0 Å². The summed E-state index contributed by atoms with van der Waals surface area (Å²) in [5.41, 5.74) is 5.97. The summed E-state index contributed by atoms with van der Waals surface area (Å²) >= 11 is 3.18. The van der Waals surface area contributed by atoms with Gasteiger partial charge in [0.1, 0.15) is 4.90 Å². The van der Waals surface area contributed by atoms with Crippen LogP contribution in [0, 0.1) is 0 Å². The number of halogens is 1. The summed E-state index contributed by atoms with van der Waals surface area (Å²) in [6.07, 6.45) is 4.59. The van der Waals surface area contributed by atoms with E-state index in [1.807, 2.05) is 0 Å². The summed E-state index contributed by atoms with van der Waals surface area (Å²) in [5, 5.41) is 0. The van der Waals surface area contributed by atoms with Crippen molar-refractivity contribution in [1.82, 2.24) is 9.29 Å². The minimum atomic E-state index is -3.48. The highest BCUT2D eigenvalue weighted by Gasteiger charge is 2.29. The summed E-state index contributed by atoms with van der Waals surface area (Å²) in [5.74, 6) is 0. The third-order valence-corrected chi connectivity index (χ3v) is 5.14.